The average molecular weight is 285 g/mol. The van der Waals surface area contributed by atoms with Gasteiger partial charge in [0.05, 0.1) is 22.4 Å². The third kappa shape index (κ3) is 4.21. The highest BCUT2D eigenvalue weighted by Gasteiger charge is 2.23. The summed E-state index contributed by atoms with van der Waals surface area (Å²) in [6, 6.07) is 6.79. The van der Waals surface area contributed by atoms with Crippen LogP contribution in [0.4, 0.5) is 5.69 Å². The molecular weight excluding hydrogens is 262 g/mol. The number of aliphatic hydroxyl groups excluding tert-OH is 1. The molecule has 0 saturated heterocycles. The van der Waals surface area contributed by atoms with Crippen LogP contribution >= 0.6 is 0 Å². The van der Waals surface area contributed by atoms with Gasteiger partial charge in [0.2, 0.25) is 0 Å². The first kappa shape index (κ1) is 16.0. The summed E-state index contributed by atoms with van der Waals surface area (Å²) in [6.45, 7) is 7.76. The van der Waals surface area contributed by atoms with Gasteiger partial charge in [-0.25, -0.2) is 8.42 Å². The summed E-state index contributed by atoms with van der Waals surface area (Å²) in [7, 11) is -3.26. The minimum absolute atomic E-state index is 0.0630. The zero-order valence-corrected chi connectivity index (χ0v) is 12.8. The van der Waals surface area contributed by atoms with Crippen LogP contribution in [0.15, 0.2) is 29.2 Å². The van der Waals surface area contributed by atoms with E-state index in [1.165, 1.54) is 0 Å². The van der Waals surface area contributed by atoms with E-state index < -0.39 is 15.9 Å². The molecular formula is C14H23NO3S. The Morgan fingerprint density at radius 3 is 2.37 bits per heavy atom. The summed E-state index contributed by atoms with van der Waals surface area (Å²) in [5, 5.41) is 13.0. The lowest BCUT2D eigenvalue weighted by atomic mass is 9.89. The Morgan fingerprint density at radius 1 is 1.26 bits per heavy atom. The zero-order chi connectivity index (χ0) is 14.7. The Kier molecular flexibility index (Phi) is 4.98. The summed E-state index contributed by atoms with van der Waals surface area (Å²) < 4.78 is 23.9. The molecule has 1 aromatic rings. The lowest BCUT2D eigenvalue weighted by molar-refractivity contribution is 0.0745. The fourth-order valence-corrected chi connectivity index (χ4v) is 2.62. The van der Waals surface area contributed by atoms with Gasteiger partial charge in [0.15, 0.2) is 9.84 Å². The highest BCUT2D eigenvalue weighted by Crippen LogP contribution is 2.24. The van der Waals surface area contributed by atoms with Crippen molar-refractivity contribution in [2.24, 2.45) is 5.41 Å². The summed E-state index contributed by atoms with van der Waals surface area (Å²) in [5.74, 6) is 0.0630. The molecule has 1 aromatic carbocycles. The lowest BCUT2D eigenvalue weighted by Crippen LogP contribution is -2.33. The number of hydrogen-bond donors (Lipinski definition) is 2. The minimum atomic E-state index is -3.26. The van der Waals surface area contributed by atoms with Crippen LogP contribution in [-0.2, 0) is 9.84 Å². The SMILES string of the molecule is CCS(=O)(=O)c1ccccc1NC[C@@H](O)C(C)(C)C. The first-order valence-electron chi connectivity index (χ1n) is 6.42. The number of benzene rings is 1. The van der Waals surface area contributed by atoms with E-state index in [0.29, 0.717) is 17.1 Å². The van der Waals surface area contributed by atoms with Gasteiger partial charge in [-0.3, -0.25) is 0 Å². The van der Waals surface area contributed by atoms with Gasteiger partial charge in [-0.05, 0) is 17.5 Å². The second-order valence-corrected chi connectivity index (χ2v) is 7.91. The van der Waals surface area contributed by atoms with Crippen LogP contribution in [0.25, 0.3) is 0 Å². The molecule has 0 aliphatic rings. The van der Waals surface area contributed by atoms with Crippen LogP contribution in [0.5, 0.6) is 0 Å². The number of aliphatic hydroxyl groups is 1. The molecule has 0 saturated carbocycles. The number of nitrogens with one attached hydrogen (secondary N) is 1. The van der Waals surface area contributed by atoms with Gasteiger partial charge < -0.3 is 10.4 Å². The second kappa shape index (κ2) is 5.92. The highest BCUT2D eigenvalue weighted by molar-refractivity contribution is 7.91. The highest BCUT2D eigenvalue weighted by atomic mass is 32.2. The molecule has 1 atom stereocenters. The Bertz CT molecular complexity index is 518. The number of anilines is 1. The number of rotatable bonds is 5. The molecule has 5 heteroatoms. The van der Waals surface area contributed by atoms with Crippen molar-refractivity contribution in [1.29, 1.82) is 0 Å². The summed E-state index contributed by atoms with van der Waals surface area (Å²) >= 11 is 0. The molecule has 0 bridgehead atoms. The predicted octanol–water partition coefficient (Wildman–Crippen LogP) is 2.30. The minimum Gasteiger partial charge on any atom is -0.391 e. The molecule has 0 aliphatic heterocycles. The standard InChI is InChI=1S/C14H23NO3S/c1-5-19(17,18)12-9-7-6-8-11(12)15-10-13(16)14(2,3)4/h6-9,13,15-16H,5,10H2,1-4H3/t13-/m1/s1. The van der Waals surface area contributed by atoms with E-state index in [9.17, 15) is 13.5 Å². The first-order valence-corrected chi connectivity index (χ1v) is 8.07. The van der Waals surface area contributed by atoms with Gasteiger partial charge in [-0.15, -0.1) is 0 Å². The zero-order valence-electron chi connectivity index (χ0n) is 12.0. The summed E-state index contributed by atoms with van der Waals surface area (Å²) in [5.41, 5.74) is 0.304. The van der Waals surface area contributed by atoms with Crippen molar-refractivity contribution in [2.75, 3.05) is 17.6 Å². The number of para-hydroxylation sites is 1. The van der Waals surface area contributed by atoms with Crippen molar-refractivity contribution in [2.45, 2.75) is 38.7 Å². The lowest BCUT2D eigenvalue weighted by Gasteiger charge is -2.26. The van der Waals surface area contributed by atoms with Crippen LogP contribution in [0.2, 0.25) is 0 Å². The van der Waals surface area contributed by atoms with Crippen LogP contribution in [0.3, 0.4) is 0 Å². The Balaban J connectivity index is 2.92. The maximum atomic E-state index is 12.0. The Hall–Kier alpha value is -1.07. The van der Waals surface area contributed by atoms with Crippen molar-refractivity contribution in [1.82, 2.24) is 0 Å². The smallest absolute Gasteiger partial charge is 0.180 e. The fraction of sp³-hybridized carbons (Fsp3) is 0.571. The Morgan fingerprint density at radius 2 is 1.84 bits per heavy atom. The molecule has 108 valence electrons. The molecule has 0 aliphatic carbocycles. The monoisotopic (exact) mass is 285 g/mol. The van der Waals surface area contributed by atoms with E-state index in [0.717, 1.165) is 0 Å². The van der Waals surface area contributed by atoms with Crippen molar-refractivity contribution in [3.8, 4) is 0 Å². The molecule has 0 heterocycles. The molecule has 19 heavy (non-hydrogen) atoms. The molecule has 0 radical (unpaired) electrons. The Labute approximate surface area is 115 Å². The molecule has 0 unspecified atom stereocenters. The largest absolute Gasteiger partial charge is 0.391 e. The van der Waals surface area contributed by atoms with E-state index in [1.807, 2.05) is 20.8 Å². The molecule has 4 nitrogen and oxygen atoms in total. The molecule has 0 fully saturated rings. The maximum absolute atomic E-state index is 12.0. The van der Waals surface area contributed by atoms with Crippen molar-refractivity contribution >= 4 is 15.5 Å². The maximum Gasteiger partial charge on any atom is 0.180 e. The molecule has 2 N–H and O–H groups in total. The topological polar surface area (TPSA) is 66.4 Å². The molecule has 0 amide bonds. The van der Waals surface area contributed by atoms with E-state index in [2.05, 4.69) is 5.32 Å². The van der Waals surface area contributed by atoms with Gasteiger partial charge in [0.25, 0.3) is 0 Å². The van der Waals surface area contributed by atoms with E-state index in [1.54, 1.807) is 31.2 Å². The fourth-order valence-electron chi connectivity index (χ4n) is 1.55. The molecule has 0 aromatic heterocycles. The van der Waals surface area contributed by atoms with E-state index in [4.69, 9.17) is 0 Å². The average Bonchev–Trinajstić information content (AvgIpc) is 2.35. The summed E-state index contributed by atoms with van der Waals surface area (Å²) in [4.78, 5) is 0.290. The summed E-state index contributed by atoms with van der Waals surface area (Å²) in [6.07, 6.45) is -0.551. The molecule has 0 spiro atoms. The quantitative estimate of drug-likeness (QED) is 0.871. The van der Waals surface area contributed by atoms with Gasteiger partial charge in [-0.1, -0.05) is 39.8 Å². The van der Waals surface area contributed by atoms with Gasteiger partial charge in [0.1, 0.15) is 0 Å². The van der Waals surface area contributed by atoms with Crippen LogP contribution in [0, 0.1) is 5.41 Å². The van der Waals surface area contributed by atoms with Gasteiger partial charge in [-0.2, -0.15) is 0 Å². The first-order chi connectivity index (χ1) is 8.68. The third-order valence-electron chi connectivity index (χ3n) is 3.09. The van der Waals surface area contributed by atoms with E-state index >= 15 is 0 Å². The van der Waals surface area contributed by atoms with Gasteiger partial charge >= 0.3 is 0 Å². The van der Waals surface area contributed by atoms with E-state index in [-0.39, 0.29) is 11.2 Å². The third-order valence-corrected chi connectivity index (χ3v) is 4.87. The van der Waals surface area contributed by atoms with Crippen molar-refractivity contribution < 1.29 is 13.5 Å². The number of sulfone groups is 1. The van der Waals surface area contributed by atoms with Crippen molar-refractivity contribution in [3.63, 3.8) is 0 Å². The molecule has 1 rings (SSSR count). The van der Waals surface area contributed by atoms with Crippen LogP contribution < -0.4 is 5.32 Å². The van der Waals surface area contributed by atoms with Gasteiger partial charge in [0, 0.05) is 6.54 Å². The normalized spacial score (nSPS) is 14.2. The number of hydrogen-bond acceptors (Lipinski definition) is 4. The van der Waals surface area contributed by atoms with Crippen LogP contribution in [0.1, 0.15) is 27.7 Å². The second-order valence-electron chi connectivity index (χ2n) is 5.66. The van der Waals surface area contributed by atoms with Crippen molar-refractivity contribution in [3.05, 3.63) is 24.3 Å². The predicted molar refractivity (Wildman–Crippen MR) is 78.1 cm³/mol. The van der Waals surface area contributed by atoms with Crippen LogP contribution in [-0.4, -0.2) is 31.9 Å².